The van der Waals surface area contributed by atoms with E-state index in [2.05, 4.69) is 19.2 Å². The van der Waals surface area contributed by atoms with Gasteiger partial charge in [-0.05, 0) is 25.0 Å². The predicted molar refractivity (Wildman–Crippen MR) is 79.4 cm³/mol. The highest BCUT2D eigenvalue weighted by Gasteiger charge is 2.20. The Bertz CT molecular complexity index is 408. The molecule has 0 bridgehead atoms. The number of hydrogen-bond acceptors (Lipinski definition) is 3. The van der Waals surface area contributed by atoms with Gasteiger partial charge in [0.1, 0.15) is 11.5 Å². The van der Waals surface area contributed by atoms with Gasteiger partial charge in [0.2, 0.25) is 0 Å². The van der Waals surface area contributed by atoms with Crippen LogP contribution >= 0.6 is 0 Å². The highest BCUT2D eigenvalue weighted by Crippen LogP contribution is 2.24. The maximum Gasteiger partial charge on any atom is 0.118 e. The van der Waals surface area contributed by atoms with Crippen molar-refractivity contribution in [2.75, 3.05) is 0 Å². The predicted octanol–water partition coefficient (Wildman–Crippen LogP) is 3.36. The Morgan fingerprint density at radius 1 is 1.26 bits per heavy atom. The van der Waals surface area contributed by atoms with Gasteiger partial charge in [-0.25, -0.2) is 0 Å². The van der Waals surface area contributed by atoms with Gasteiger partial charge in [0.25, 0.3) is 0 Å². The first-order valence-electron chi connectivity index (χ1n) is 7.33. The summed E-state index contributed by atoms with van der Waals surface area (Å²) in [6.45, 7) is 4.97. The first kappa shape index (κ1) is 14.8. The molecule has 19 heavy (non-hydrogen) atoms. The molecule has 1 heterocycles. The van der Waals surface area contributed by atoms with Crippen LogP contribution in [0.1, 0.15) is 57.5 Å². The van der Waals surface area contributed by atoms with Gasteiger partial charge in [0, 0.05) is 22.1 Å². The Hall–Kier alpha value is -0.610. The maximum atomic E-state index is 12.3. The van der Waals surface area contributed by atoms with E-state index < -0.39 is 10.8 Å². The van der Waals surface area contributed by atoms with E-state index in [1.807, 2.05) is 12.1 Å². The minimum Gasteiger partial charge on any atom is -0.464 e. The molecule has 1 unspecified atom stereocenters. The van der Waals surface area contributed by atoms with Crippen molar-refractivity contribution in [1.82, 2.24) is 5.32 Å². The summed E-state index contributed by atoms with van der Waals surface area (Å²) in [7, 11) is -0.771. The van der Waals surface area contributed by atoms with Gasteiger partial charge in [-0.3, -0.25) is 4.21 Å². The Balaban J connectivity index is 1.83. The molecule has 4 heteroatoms. The lowest BCUT2D eigenvalue weighted by Gasteiger charge is -2.20. The van der Waals surface area contributed by atoms with Crippen molar-refractivity contribution in [3.8, 4) is 0 Å². The van der Waals surface area contributed by atoms with Crippen molar-refractivity contribution in [3.05, 3.63) is 23.7 Å². The van der Waals surface area contributed by atoms with Crippen molar-refractivity contribution in [3.63, 3.8) is 0 Å². The fourth-order valence-electron chi connectivity index (χ4n) is 2.49. The molecule has 1 saturated carbocycles. The van der Waals surface area contributed by atoms with Crippen molar-refractivity contribution in [2.24, 2.45) is 0 Å². The lowest BCUT2D eigenvalue weighted by molar-refractivity contribution is 0.443. The smallest absolute Gasteiger partial charge is 0.118 e. The molecule has 1 fully saturated rings. The molecule has 108 valence electrons. The summed E-state index contributed by atoms with van der Waals surface area (Å²) < 4.78 is 18.0. The van der Waals surface area contributed by atoms with Gasteiger partial charge in [0.05, 0.1) is 12.3 Å². The van der Waals surface area contributed by atoms with Crippen LogP contribution in [0.4, 0.5) is 0 Å². The molecule has 1 aromatic rings. The van der Waals surface area contributed by atoms with E-state index in [4.69, 9.17) is 4.42 Å². The van der Waals surface area contributed by atoms with Gasteiger partial charge in [-0.2, -0.15) is 0 Å². The van der Waals surface area contributed by atoms with Crippen LogP contribution < -0.4 is 5.32 Å². The van der Waals surface area contributed by atoms with Gasteiger partial charge in [0.15, 0.2) is 0 Å². The summed E-state index contributed by atoms with van der Waals surface area (Å²) in [5.74, 6) is 2.38. The SMILES string of the molecule is CC(C)NCc1ccc(CS(=O)C2CCCCC2)o1. The molecule has 1 aromatic heterocycles. The van der Waals surface area contributed by atoms with Gasteiger partial charge < -0.3 is 9.73 Å². The summed E-state index contributed by atoms with van der Waals surface area (Å²) in [4.78, 5) is 0. The van der Waals surface area contributed by atoms with E-state index in [9.17, 15) is 4.21 Å². The average Bonchev–Trinajstić information content (AvgIpc) is 2.85. The lowest BCUT2D eigenvalue weighted by atomic mass is 10.0. The highest BCUT2D eigenvalue weighted by atomic mass is 32.2. The first-order chi connectivity index (χ1) is 9.15. The monoisotopic (exact) mass is 283 g/mol. The minimum absolute atomic E-state index is 0.385. The highest BCUT2D eigenvalue weighted by molar-refractivity contribution is 7.84. The third kappa shape index (κ3) is 4.77. The van der Waals surface area contributed by atoms with E-state index in [1.165, 1.54) is 19.3 Å². The second-order valence-electron chi connectivity index (χ2n) is 5.69. The number of nitrogens with one attached hydrogen (secondary N) is 1. The molecular formula is C15H25NO2S. The van der Waals surface area contributed by atoms with Crippen LogP contribution in [0.5, 0.6) is 0 Å². The molecule has 0 spiro atoms. The third-order valence-corrected chi connectivity index (χ3v) is 5.39. The van der Waals surface area contributed by atoms with Crippen molar-refractivity contribution < 1.29 is 8.63 Å². The zero-order valence-electron chi connectivity index (χ0n) is 12.0. The topological polar surface area (TPSA) is 42.2 Å². The number of furan rings is 1. The number of hydrogen-bond donors (Lipinski definition) is 1. The third-order valence-electron chi connectivity index (χ3n) is 3.61. The molecule has 0 aromatic carbocycles. The molecule has 2 rings (SSSR count). The van der Waals surface area contributed by atoms with Crippen LogP contribution in [0.3, 0.4) is 0 Å². The quantitative estimate of drug-likeness (QED) is 0.870. The fourth-order valence-corrected chi connectivity index (χ4v) is 4.02. The van der Waals surface area contributed by atoms with Crippen LogP contribution in [0.15, 0.2) is 16.5 Å². The van der Waals surface area contributed by atoms with E-state index in [0.29, 0.717) is 17.0 Å². The molecular weight excluding hydrogens is 258 g/mol. The van der Waals surface area contributed by atoms with Crippen molar-refractivity contribution in [1.29, 1.82) is 0 Å². The van der Waals surface area contributed by atoms with Crippen molar-refractivity contribution >= 4 is 10.8 Å². The molecule has 3 nitrogen and oxygen atoms in total. The molecule has 1 atom stereocenters. The second kappa shape index (κ2) is 7.25. The van der Waals surface area contributed by atoms with E-state index in [-0.39, 0.29) is 0 Å². The van der Waals surface area contributed by atoms with E-state index in [0.717, 1.165) is 30.9 Å². The number of rotatable bonds is 6. The van der Waals surface area contributed by atoms with Gasteiger partial charge >= 0.3 is 0 Å². The van der Waals surface area contributed by atoms with E-state index >= 15 is 0 Å². The molecule has 1 N–H and O–H groups in total. The van der Waals surface area contributed by atoms with Gasteiger partial charge in [-0.1, -0.05) is 33.1 Å². The Morgan fingerprint density at radius 3 is 2.63 bits per heavy atom. The Morgan fingerprint density at radius 2 is 1.95 bits per heavy atom. The summed E-state index contributed by atoms with van der Waals surface area (Å²) in [5, 5.41) is 3.71. The normalized spacial score (nSPS) is 18.9. The van der Waals surface area contributed by atoms with Crippen LogP contribution in [-0.2, 0) is 23.1 Å². The zero-order chi connectivity index (χ0) is 13.7. The average molecular weight is 283 g/mol. The molecule has 1 aliphatic carbocycles. The van der Waals surface area contributed by atoms with Crippen molar-refractivity contribution in [2.45, 2.75) is 69.5 Å². The first-order valence-corrected chi connectivity index (χ1v) is 8.71. The summed E-state index contributed by atoms with van der Waals surface area (Å²) in [6, 6.07) is 4.41. The Labute approximate surface area is 118 Å². The zero-order valence-corrected chi connectivity index (χ0v) is 12.8. The lowest BCUT2D eigenvalue weighted by Crippen LogP contribution is -2.21. The minimum atomic E-state index is -0.771. The van der Waals surface area contributed by atoms with Crippen LogP contribution in [0, 0.1) is 0 Å². The van der Waals surface area contributed by atoms with Crippen LogP contribution in [0.25, 0.3) is 0 Å². The molecule has 0 aliphatic heterocycles. The maximum absolute atomic E-state index is 12.3. The largest absolute Gasteiger partial charge is 0.464 e. The molecule has 0 amide bonds. The standard InChI is InChI=1S/C15H25NO2S/c1-12(2)16-10-13-8-9-14(18-13)11-19(17)15-6-4-3-5-7-15/h8-9,12,15-16H,3-7,10-11H2,1-2H3. The fraction of sp³-hybridized carbons (Fsp3) is 0.733. The summed E-state index contributed by atoms with van der Waals surface area (Å²) in [5.41, 5.74) is 0. The molecule has 0 saturated heterocycles. The van der Waals surface area contributed by atoms with Crippen LogP contribution in [-0.4, -0.2) is 15.5 Å². The molecule has 1 aliphatic rings. The summed E-state index contributed by atoms with van der Waals surface area (Å²) >= 11 is 0. The Kier molecular flexibility index (Phi) is 5.64. The van der Waals surface area contributed by atoms with Crippen LogP contribution in [0.2, 0.25) is 0 Å². The molecule has 0 radical (unpaired) electrons. The summed E-state index contributed by atoms with van der Waals surface area (Å²) in [6.07, 6.45) is 6.01. The second-order valence-corrected chi connectivity index (χ2v) is 7.41. The van der Waals surface area contributed by atoms with Gasteiger partial charge in [-0.15, -0.1) is 0 Å². The van der Waals surface area contributed by atoms with E-state index in [1.54, 1.807) is 0 Å².